The number of halogens is 2. The number of hydrogen-bond donors (Lipinski definition) is 3. The Morgan fingerprint density at radius 3 is 2.59 bits per heavy atom. The molecule has 1 atom stereocenters. The van der Waals surface area contributed by atoms with Crippen LogP contribution in [-0.4, -0.2) is 23.8 Å². The number of anilines is 1. The first-order valence-electron chi connectivity index (χ1n) is 6.76. The largest absolute Gasteiger partial charge is 0.394 e. The second kappa shape index (κ2) is 7.77. The molecule has 2 amide bonds. The highest BCUT2D eigenvalue weighted by atomic mass is 35.5. The smallest absolute Gasteiger partial charge is 0.319 e. The fraction of sp³-hybridized carbons (Fsp3) is 0.188. The lowest BCUT2D eigenvalue weighted by atomic mass is 10.1. The van der Waals surface area contributed by atoms with Gasteiger partial charge in [0.25, 0.3) is 0 Å². The summed E-state index contributed by atoms with van der Waals surface area (Å²) in [6.45, 7) is -0.195. The Labute approximate surface area is 132 Å². The van der Waals surface area contributed by atoms with Gasteiger partial charge in [0.2, 0.25) is 0 Å². The van der Waals surface area contributed by atoms with Gasteiger partial charge in [-0.25, -0.2) is 9.18 Å². The predicted molar refractivity (Wildman–Crippen MR) is 84.6 cm³/mol. The van der Waals surface area contributed by atoms with Gasteiger partial charge in [0.05, 0.1) is 23.4 Å². The van der Waals surface area contributed by atoms with Crippen LogP contribution in [-0.2, 0) is 6.42 Å². The molecule has 0 heterocycles. The number of amides is 2. The fourth-order valence-corrected chi connectivity index (χ4v) is 2.21. The number of rotatable bonds is 5. The molecular weight excluding hydrogens is 307 g/mol. The van der Waals surface area contributed by atoms with Crippen molar-refractivity contribution < 1.29 is 14.3 Å². The summed E-state index contributed by atoms with van der Waals surface area (Å²) in [5.74, 6) is -0.478. The van der Waals surface area contributed by atoms with E-state index in [1.807, 2.05) is 30.3 Å². The van der Waals surface area contributed by atoms with E-state index in [0.29, 0.717) is 12.1 Å². The quantitative estimate of drug-likeness (QED) is 0.791. The standard InChI is InChI=1S/C16H16ClFN2O2/c17-14-9-12(18)6-7-15(14)20-16(22)19-13(10-21)8-11-4-2-1-3-5-11/h1-7,9,13,21H,8,10H2,(H2,19,20,22). The lowest BCUT2D eigenvalue weighted by Crippen LogP contribution is -2.41. The first-order valence-corrected chi connectivity index (χ1v) is 7.13. The van der Waals surface area contributed by atoms with E-state index in [1.165, 1.54) is 12.1 Å². The second-order valence-electron chi connectivity index (χ2n) is 4.79. The zero-order valence-electron chi connectivity index (χ0n) is 11.7. The molecule has 0 radical (unpaired) electrons. The van der Waals surface area contributed by atoms with Gasteiger partial charge in [-0.05, 0) is 30.2 Å². The molecule has 6 heteroatoms. The van der Waals surface area contributed by atoms with Crippen molar-refractivity contribution in [1.82, 2.24) is 5.32 Å². The lowest BCUT2D eigenvalue weighted by Gasteiger charge is -2.17. The molecule has 0 spiro atoms. The number of aliphatic hydroxyl groups excluding tert-OH is 1. The van der Waals surface area contributed by atoms with E-state index in [4.69, 9.17) is 11.6 Å². The molecule has 116 valence electrons. The summed E-state index contributed by atoms with van der Waals surface area (Å²) in [5, 5.41) is 14.7. The second-order valence-corrected chi connectivity index (χ2v) is 5.20. The number of benzene rings is 2. The van der Waals surface area contributed by atoms with Crippen LogP contribution in [0, 0.1) is 5.82 Å². The monoisotopic (exact) mass is 322 g/mol. The van der Waals surface area contributed by atoms with Gasteiger partial charge in [0.15, 0.2) is 0 Å². The highest BCUT2D eigenvalue weighted by Gasteiger charge is 2.13. The average molecular weight is 323 g/mol. The lowest BCUT2D eigenvalue weighted by molar-refractivity contribution is 0.224. The molecule has 0 aliphatic carbocycles. The van der Waals surface area contributed by atoms with Crippen LogP contribution in [0.2, 0.25) is 5.02 Å². The minimum absolute atomic E-state index is 0.110. The number of carbonyl (C=O) groups is 1. The van der Waals surface area contributed by atoms with Crippen molar-refractivity contribution in [3.8, 4) is 0 Å². The molecule has 1 unspecified atom stereocenters. The van der Waals surface area contributed by atoms with Crippen molar-refractivity contribution in [2.45, 2.75) is 12.5 Å². The Morgan fingerprint density at radius 2 is 1.95 bits per heavy atom. The summed E-state index contributed by atoms with van der Waals surface area (Å²) in [6.07, 6.45) is 0.502. The van der Waals surface area contributed by atoms with Crippen LogP contribution in [0.5, 0.6) is 0 Å². The van der Waals surface area contributed by atoms with E-state index in [2.05, 4.69) is 10.6 Å². The molecule has 0 aromatic heterocycles. The molecule has 0 saturated carbocycles. The summed E-state index contributed by atoms with van der Waals surface area (Å²) in [4.78, 5) is 11.9. The van der Waals surface area contributed by atoms with Gasteiger partial charge in [-0.2, -0.15) is 0 Å². The van der Waals surface area contributed by atoms with Gasteiger partial charge >= 0.3 is 6.03 Å². The summed E-state index contributed by atoms with van der Waals surface area (Å²) in [7, 11) is 0. The van der Waals surface area contributed by atoms with Crippen LogP contribution >= 0.6 is 11.6 Å². The molecule has 0 fully saturated rings. The summed E-state index contributed by atoms with van der Waals surface area (Å²) >= 11 is 5.84. The van der Waals surface area contributed by atoms with E-state index in [0.717, 1.165) is 11.6 Å². The SMILES string of the molecule is O=C(Nc1ccc(F)cc1Cl)NC(CO)Cc1ccccc1. The van der Waals surface area contributed by atoms with Gasteiger partial charge in [-0.1, -0.05) is 41.9 Å². The highest BCUT2D eigenvalue weighted by molar-refractivity contribution is 6.33. The number of hydrogen-bond acceptors (Lipinski definition) is 2. The van der Waals surface area contributed by atoms with Crippen molar-refractivity contribution >= 4 is 23.3 Å². The number of aliphatic hydroxyl groups is 1. The normalized spacial score (nSPS) is 11.8. The molecule has 2 aromatic carbocycles. The molecular formula is C16H16ClFN2O2. The Morgan fingerprint density at radius 1 is 1.23 bits per heavy atom. The first kappa shape index (κ1) is 16.3. The van der Waals surface area contributed by atoms with Gasteiger partial charge in [0.1, 0.15) is 5.82 Å². The van der Waals surface area contributed by atoms with Crippen LogP contribution in [0.15, 0.2) is 48.5 Å². The molecule has 0 saturated heterocycles. The third-order valence-electron chi connectivity index (χ3n) is 3.06. The van der Waals surface area contributed by atoms with Crippen molar-refractivity contribution in [2.75, 3.05) is 11.9 Å². The maximum absolute atomic E-state index is 12.9. The fourth-order valence-electron chi connectivity index (χ4n) is 1.99. The van der Waals surface area contributed by atoms with Gasteiger partial charge in [0, 0.05) is 0 Å². The Bertz CT molecular complexity index is 637. The average Bonchev–Trinajstić information content (AvgIpc) is 2.50. The number of nitrogens with one attached hydrogen (secondary N) is 2. The van der Waals surface area contributed by atoms with Crippen molar-refractivity contribution in [3.05, 3.63) is 64.9 Å². The van der Waals surface area contributed by atoms with Crippen molar-refractivity contribution in [1.29, 1.82) is 0 Å². The van der Waals surface area contributed by atoms with E-state index >= 15 is 0 Å². The van der Waals surface area contributed by atoms with E-state index in [-0.39, 0.29) is 11.6 Å². The highest BCUT2D eigenvalue weighted by Crippen LogP contribution is 2.22. The van der Waals surface area contributed by atoms with E-state index < -0.39 is 17.9 Å². The molecule has 0 aliphatic rings. The summed E-state index contributed by atoms with van der Waals surface area (Å²) < 4.78 is 12.9. The molecule has 0 aliphatic heterocycles. The Kier molecular flexibility index (Phi) is 5.75. The molecule has 4 nitrogen and oxygen atoms in total. The van der Waals surface area contributed by atoms with Crippen molar-refractivity contribution in [3.63, 3.8) is 0 Å². The van der Waals surface area contributed by atoms with Gasteiger partial charge < -0.3 is 15.7 Å². The molecule has 2 aromatic rings. The van der Waals surface area contributed by atoms with Crippen LogP contribution in [0.3, 0.4) is 0 Å². The summed E-state index contributed by atoms with van der Waals surface area (Å²) in [6, 6.07) is 12.3. The predicted octanol–water partition coefficient (Wildman–Crippen LogP) is 3.20. The number of carbonyl (C=O) groups excluding carboxylic acids is 1. The third-order valence-corrected chi connectivity index (χ3v) is 3.37. The maximum Gasteiger partial charge on any atom is 0.319 e. The summed E-state index contributed by atoms with van der Waals surface area (Å²) in [5.41, 5.74) is 1.30. The van der Waals surface area contributed by atoms with Crippen LogP contribution in [0.4, 0.5) is 14.9 Å². The minimum Gasteiger partial charge on any atom is -0.394 e. The Balaban J connectivity index is 1.94. The molecule has 3 N–H and O–H groups in total. The first-order chi connectivity index (χ1) is 10.6. The Hall–Kier alpha value is -2.11. The van der Waals surface area contributed by atoms with Gasteiger partial charge in [-0.15, -0.1) is 0 Å². The van der Waals surface area contributed by atoms with E-state index in [1.54, 1.807) is 0 Å². The number of urea groups is 1. The van der Waals surface area contributed by atoms with E-state index in [9.17, 15) is 14.3 Å². The van der Waals surface area contributed by atoms with Crippen LogP contribution < -0.4 is 10.6 Å². The van der Waals surface area contributed by atoms with Crippen molar-refractivity contribution in [2.24, 2.45) is 0 Å². The topological polar surface area (TPSA) is 61.4 Å². The van der Waals surface area contributed by atoms with Gasteiger partial charge in [-0.3, -0.25) is 0 Å². The zero-order chi connectivity index (χ0) is 15.9. The van der Waals surface area contributed by atoms with Crippen LogP contribution in [0.25, 0.3) is 0 Å². The maximum atomic E-state index is 12.9. The minimum atomic E-state index is -0.511. The van der Waals surface area contributed by atoms with Crippen LogP contribution in [0.1, 0.15) is 5.56 Å². The molecule has 0 bridgehead atoms. The molecule has 2 rings (SSSR count). The zero-order valence-corrected chi connectivity index (χ0v) is 12.5. The molecule has 22 heavy (non-hydrogen) atoms. The third kappa shape index (κ3) is 4.72.